The summed E-state index contributed by atoms with van der Waals surface area (Å²) in [5, 5.41) is 2.77. The van der Waals surface area contributed by atoms with Gasteiger partial charge in [0.1, 0.15) is 0 Å². The van der Waals surface area contributed by atoms with Crippen LogP contribution in [0.15, 0.2) is 24.3 Å². The number of carbonyl (C=O) groups excluding carboxylic acids is 2. The van der Waals surface area contributed by atoms with Crippen LogP contribution in [0.1, 0.15) is 45.6 Å². The number of carbonyl (C=O) groups is 2. The number of rotatable bonds is 5. The molecule has 0 bridgehead atoms. The van der Waals surface area contributed by atoms with E-state index in [1.54, 1.807) is 6.92 Å². The van der Waals surface area contributed by atoms with E-state index in [9.17, 15) is 9.59 Å². The molecular formula is C17H23NO3. The molecule has 1 aromatic carbocycles. The molecule has 0 radical (unpaired) electrons. The van der Waals surface area contributed by atoms with Crippen molar-refractivity contribution in [3.05, 3.63) is 29.8 Å². The van der Waals surface area contributed by atoms with Crippen LogP contribution in [0.3, 0.4) is 0 Å². The van der Waals surface area contributed by atoms with Gasteiger partial charge in [0.05, 0.1) is 5.92 Å². The SMILES string of the molecule is CC(C)c1ccc(NC(=O)[C@H](C)OC(=O)[C@H]2C[C@@H]2C)cc1. The fraction of sp³-hybridized carbons (Fsp3) is 0.529. The van der Waals surface area contributed by atoms with E-state index in [-0.39, 0.29) is 17.8 Å². The molecule has 0 aliphatic heterocycles. The van der Waals surface area contributed by atoms with E-state index in [2.05, 4.69) is 19.2 Å². The van der Waals surface area contributed by atoms with E-state index in [0.717, 1.165) is 6.42 Å². The van der Waals surface area contributed by atoms with Gasteiger partial charge in [-0.2, -0.15) is 0 Å². The van der Waals surface area contributed by atoms with Crippen molar-refractivity contribution in [1.82, 2.24) is 0 Å². The van der Waals surface area contributed by atoms with E-state index in [1.165, 1.54) is 5.56 Å². The highest BCUT2D eigenvalue weighted by Gasteiger charge is 2.41. The van der Waals surface area contributed by atoms with Gasteiger partial charge in [0.15, 0.2) is 6.10 Å². The van der Waals surface area contributed by atoms with Crippen molar-refractivity contribution in [2.75, 3.05) is 5.32 Å². The maximum atomic E-state index is 12.0. The zero-order valence-corrected chi connectivity index (χ0v) is 13.1. The highest BCUT2D eigenvalue weighted by Crippen LogP contribution is 2.38. The Morgan fingerprint density at radius 1 is 1.19 bits per heavy atom. The summed E-state index contributed by atoms with van der Waals surface area (Å²) in [5.74, 6) is 0.256. The van der Waals surface area contributed by atoms with Gasteiger partial charge in [0, 0.05) is 5.69 Å². The summed E-state index contributed by atoms with van der Waals surface area (Å²) in [6.07, 6.45) is 0.0965. The van der Waals surface area contributed by atoms with Crippen LogP contribution in [0.4, 0.5) is 5.69 Å². The van der Waals surface area contributed by atoms with Gasteiger partial charge in [-0.15, -0.1) is 0 Å². The monoisotopic (exact) mass is 289 g/mol. The van der Waals surface area contributed by atoms with E-state index >= 15 is 0 Å². The number of nitrogens with one attached hydrogen (secondary N) is 1. The lowest BCUT2D eigenvalue weighted by Gasteiger charge is -2.14. The van der Waals surface area contributed by atoms with Gasteiger partial charge in [-0.05, 0) is 42.9 Å². The van der Waals surface area contributed by atoms with Crippen LogP contribution >= 0.6 is 0 Å². The Hall–Kier alpha value is -1.84. The van der Waals surface area contributed by atoms with Crippen molar-refractivity contribution in [2.24, 2.45) is 11.8 Å². The Morgan fingerprint density at radius 2 is 1.76 bits per heavy atom. The molecule has 1 aliphatic carbocycles. The molecule has 0 saturated heterocycles. The number of hydrogen-bond acceptors (Lipinski definition) is 3. The lowest BCUT2D eigenvalue weighted by molar-refractivity contribution is -0.154. The number of benzene rings is 1. The fourth-order valence-corrected chi connectivity index (χ4v) is 2.16. The fourth-order valence-electron chi connectivity index (χ4n) is 2.16. The van der Waals surface area contributed by atoms with Gasteiger partial charge < -0.3 is 10.1 Å². The minimum absolute atomic E-state index is 0.0226. The Bertz CT molecular complexity index is 521. The van der Waals surface area contributed by atoms with Crippen LogP contribution in [0.2, 0.25) is 0 Å². The van der Waals surface area contributed by atoms with Gasteiger partial charge >= 0.3 is 5.97 Å². The summed E-state index contributed by atoms with van der Waals surface area (Å²) in [6.45, 7) is 7.84. The van der Waals surface area contributed by atoms with Crippen molar-refractivity contribution in [1.29, 1.82) is 0 Å². The molecule has 114 valence electrons. The molecule has 3 atom stereocenters. The van der Waals surface area contributed by atoms with Gasteiger partial charge in [-0.1, -0.05) is 32.9 Å². The van der Waals surface area contributed by atoms with Gasteiger partial charge in [0.2, 0.25) is 0 Å². The van der Waals surface area contributed by atoms with Crippen LogP contribution < -0.4 is 5.32 Å². The number of amides is 1. The molecule has 1 aromatic rings. The second kappa shape index (κ2) is 6.29. The van der Waals surface area contributed by atoms with Crippen molar-refractivity contribution in [2.45, 2.75) is 46.1 Å². The molecule has 0 unspecified atom stereocenters. The summed E-state index contributed by atoms with van der Waals surface area (Å²) in [7, 11) is 0. The topological polar surface area (TPSA) is 55.4 Å². The van der Waals surface area contributed by atoms with Crippen LogP contribution in [0.25, 0.3) is 0 Å². The molecule has 0 aromatic heterocycles. The second-order valence-corrected chi connectivity index (χ2v) is 6.16. The molecule has 1 aliphatic rings. The Kier molecular flexibility index (Phi) is 4.66. The summed E-state index contributed by atoms with van der Waals surface area (Å²) in [5.41, 5.74) is 1.93. The maximum absolute atomic E-state index is 12.0. The normalized spacial score (nSPS) is 21.8. The molecule has 4 heteroatoms. The third-order valence-corrected chi connectivity index (χ3v) is 3.92. The van der Waals surface area contributed by atoms with Crippen LogP contribution in [-0.2, 0) is 14.3 Å². The average Bonchev–Trinajstić information content (AvgIpc) is 3.16. The Morgan fingerprint density at radius 3 is 2.24 bits per heavy atom. The summed E-state index contributed by atoms with van der Waals surface area (Å²) >= 11 is 0. The highest BCUT2D eigenvalue weighted by molar-refractivity contribution is 5.95. The van der Waals surface area contributed by atoms with E-state index < -0.39 is 6.10 Å². The first-order valence-corrected chi connectivity index (χ1v) is 7.49. The predicted octanol–water partition coefficient (Wildman–Crippen LogP) is 3.34. The van der Waals surface area contributed by atoms with Crippen molar-refractivity contribution >= 4 is 17.6 Å². The number of ether oxygens (including phenoxy) is 1. The van der Waals surface area contributed by atoms with Crippen LogP contribution in [0.5, 0.6) is 0 Å². The van der Waals surface area contributed by atoms with Crippen LogP contribution in [0, 0.1) is 11.8 Å². The summed E-state index contributed by atoms with van der Waals surface area (Å²) in [6, 6.07) is 7.71. The number of anilines is 1. The maximum Gasteiger partial charge on any atom is 0.309 e. The van der Waals surface area contributed by atoms with Crippen molar-refractivity contribution in [3.63, 3.8) is 0 Å². The van der Waals surface area contributed by atoms with Crippen molar-refractivity contribution in [3.8, 4) is 0 Å². The van der Waals surface area contributed by atoms with E-state index in [1.807, 2.05) is 31.2 Å². The first-order valence-electron chi connectivity index (χ1n) is 7.49. The Balaban J connectivity index is 1.86. The molecule has 1 amide bonds. The number of hydrogen-bond donors (Lipinski definition) is 1. The molecule has 0 heterocycles. The van der Waals surface area contributed by atoms with Crippen LogP contribution in [-0.4, -0.2) is 18.0 Å². The summed E-state index contributed by atoms with van der Waals surface area (Å²) in [4.78, 5) is 23.7. The molecular weight excluding hydrogens is 266 g/mol. The molecule has 4 nitrogen and oxygen atoms in total. The van der Waals surface area contributed by atoms with Gasteiger partial charge in [0.25, 0.3) is 5.91 Å². The third-order valence-electron chi connectivity index (χ3n) is 3.92. The number of esters is 1. The molecule has 1 N–H and O–H groups in total. The third kappa shape index (κ3) is 4.06. The lowest BCUT2D eigenvalue weighted by Crippen LogP contribution is -2.30. The summed E-state index contributed by atoms with van der Waals surface area (Å²) < 4.78 is 5.19. The molecule has 0 spiro atoms. The predicted molar refractivity (Wildman–Crippen MR) is 82.0 cm³/mol. The molecule has 1 saturated carbocycles. The highest BCUT2D eigenvalue weighted by atomic mass is 16.5. The largest absolute Gasteiger partial charge is 0.452 e. The second-order valence-electron chi connectivity index (χ2n) is 6.16. The quantitative estimate of drug-likeness (QED) is 0.846. The van der Waals surface area contributed by atoms with Crippen molar-refractivity contribution < 1.29 is 14.3 Å². The average molecular weight is 289 g/mol. The smallest absolute Gasteiger partial charge is 0.309 e. The minimum Gasteiger partial charge on any atom is -0.452 e. The minimum atomic E-state index is -0.768. The Labute approximate surface area is 125 Å². The first-order chi connectivity index (χ1) is 9.88. The zero-order chi connectivity index (χ0) is 15.6. The lowest BCUT2D eigenvalue weighted by atomic mass is 10.0. The molecule has 21 heavy (non-hydrogen) atoms. The van der Waals surface area contributed by atoms with E-state index in [0.29, 0.717) is 17.5 Å². The molecule has 1 fully saturated rings. The van der Waals surface area contributed by atoms with E-state index in [4.69, 9.17) is 4.74 Å². The first kappa shape index (κ1) is 15.5. The van der Waals surface area contributed by atoms with Gasteiger partial charge in [-0.25, -0.2) is 0 Å². The van der Waals surface area contributed by atoms with Gasteiger partial charge in [-0.3, -0.25) is 9.59 Å². The standard InChI is InChI=1S/C17H23NO3/c1-10(2)13-5-7-14(8-6-13)18-16(19)12(4)21-17(20)15-9-11(15)3/h5-8,10-12,15H,9H2,1-4H3,(H,18,19)/t11-,12-,15-/m0/s1. The molecule has 2 rings (SSSR count). The zero-order valence-electron chi connectivity index (χ0n) is 13.1.